The topological polar surface area (TPSA) is 102 Å². The molecule has 174 valence electrons. The Bertz CT molecular complexity index is 1050. The zero-order valence-corrected chi connectivity index (χ0v) is 18.3. The summed E-state index contributed by atoms with van der Waals surface area (Å²) in [4.78, 5) is 11.7. The summed E-state index contributed by atoms with van der Waals surface area (Å²) in [5.74, 6) is -2.47. The van der Waals surface area contributed by atoms with Gasteiger partial charge in [-0.1, -0.05) is 13.3 Å². The number of aliphatic carboxylic acids is 1. The molecule has 1 aliphatic rings. The van der Waals surface area contributed by atoms with Crippen LogP contribution in [0, 0.1) is 11.6 Å². The van der Waals surface area contributed by atoms with Crippen LogP contribution in [0.3, 0.4) is 0 Å². The van der Waals surface area contributed by atoms with E-state index >= 15 is 0 Å². The molecule has 2 N–H and O–H groups in total. The summed E-state index contributed by atoms with van der Waals surface area (Å²) in [6.07, 6.45) is 2.15. The van der Waals surface area contributed by atoms with Gasteiger partial charge >= 0.3 is 5.97 Å². The van der Waals surface area contributed by atoms with Crippen LogP contribution in [0.4, 0.5) is 8.78 Å². The highest BCUT2D eigenvalue weighted by molar-refractivity contribution is 7.89. The number of benzene rings is 2. The average Bonchev–Trinajstić information content (AvgIpc) is 2.75. The van der Waals surface area contributed by atoms with E-state index in [1.54, 1.807) is 0 Å². The average molecular weight is 470 g/mol. The molecule has 0 aromatic heterocycles. The van der Waals surface area contributed by atoms with Crippen molar-refractivity contribution in [2.75, 3.05) is 6.61 Å². The lowest BCUT2D eigenvalue weighted by Gasteiger charge is -2.37. The molecule has 2 aromatic carbocycles. The van der Waals surface area contributed by atoms with E-state index in [1.807, 2.05) is 6.92 Å². The SMILES string of the molecule is CCCC1CCC(NS(=O)(=O)c2ccc(OCc3ccc(F)cc3F)cc2)(C(=O)O)CO1. The van der Waals surface area contributed by atoms with Gasteiger partial charge in [-0.3, -0.25) is 4.79 Å². The van der Waals surface area contributed by atoms with Gasteiger partial charge in [-0.2, -0.15) is 4.72 Å². The van der Waals surface area contributed by atoms with E-state index in [0.717, 1.165) is 25.0 Å². The van der Waals surface area contributed by atoms with Crippen LogP contribution in [-0.2, 0) is 26.2 Å². The van der Waals surface area contributed by atoms with E-state index < -0.39 is 33.2 Å². The number of ether oxygens (including phenoxy) is 2. The van der Waals surface area contributed by atoms with Crippen molar-refractivity contribution in [3.63, 3.8) is 0 Å². The molecule has 0 saturated carbocycles. The van der Waals surface area contributed by atoms with Crippen LogP contribution < -0.4 is 9.46 Å². The predicted octanol–water partition coefficient (Wildman–Crippen LogP) is 3.62. The van der Waals surface area contributed by atoms with Gasteiger partial charge in [0.05, 0.1) is 17.6 Å². The first kappa shape index (κ1) is 24.1. The van der Waals surface area contributed by atoms with Crippen LogP contribution in [0.15, 0.2) is 47.4 Å². The molecule has 0 spiro atoms. The first-order chi connectivity index (χ1) is 15.1. The molecule has 2 aromatic rings. The van der Waals surface area contributed by atoms with Crippen LogP contribution in [0.2, 0.25) is 0 Å². The number of carbonyl (C=O) groups is 1. The number of hydrogen-bond acceptors (Lipinski definition) is 5. The molecule has 1 heterocycles. The van der Waals surface area contributed by atoms with E-state index in [2.05, 4.69) is 4.72 Å². The molecule has 0 bridgehead atoms. The highest BCUT2D eigenvalue weighted by Gasteiger charge is 2.46. The second-order valence-corrected chi connectivity index (χ2v) is 9.43. The molecule has 7 nitrogen and oxygen atoms in total. The van der Waals surface area contributed by atoms with Gasteiger partial charge in [0.15, 0.2) is 5.54 Å². The van der Waals surface area contributed by atoms with Crippen molar-refractivity contribution in [1.82, 2.24) is 4.72 Å². The molecule has 0 radical (unpaired) electrons. The fraction of sp³-hybridized carbons (Fsp3) is 0.409. The molecule has 3 rings (SSSR count). The van der Waals surface area contributed by atoms with E-state index in [0.29, 0.717) is 6.42 Å². The van der Waals surface area contributed by atoms with Crippen molar-refractivity contribution in [2.24, 2.45) is 0 Å². The van der Waals surface area contributed by atoms with E-state index in [1.165, 1.54) is 30.3 Å². The lowest BCUT2D eigenvalue weighted by atomic mass is 9.90. The van der Waals surface area contributed by atoms with Gasteiger partial charge in [0.1, 0.15) is 24.0 Å². The molecule has 0 aliphatic carbocycles. The minimum Gasteiger partial charge on any atom is -0.489 e. The van der Waals surface area contributed by atoms with Crippen LogP contribution in [0.5, 0.6) is 5.75 Å². The van der Waals surface area contributed by atoms with Gasteiger partial charge in [0, 0.05) is 11.6 Å². The van der Waals surface area contributed by atoms with Gasteiger partial charge in [-0.15, -0.1) is 0 Å². The smallest absolute Gasteiger partial charge is 0.327 e. The Morgan fingerprint density at radius 2 is 1.97 bits per heavy atom. The van der Waals surface area contributed by atoms with E-state index in [4.69, 9.17) is 9.47 Å². The summed E-state index contributed by atoms with van der Waals surface area (Å²) in [6.45, 7) is 1.57. The molecule has 1 fully saturated rings. The zero-order valence-electron chi connectivity index (χ0n) is 17.5. The Morgan fingerprint density at radius 1 is 1.25 bits per heavy atom. The van der Waals surface area contributed by atoms with Crippen molar-refractivity contribution < 1.29 is 36.6 Å². The van der Waals surface area contributed by atoms with Crippen molar-refractivity contribution in [2.45, 2.75) is 55.8 Å². The lowest BCUT2D eigenvalue weighted by molar-refractivity contribution is -0.152. The Labute approximate surface area is 185 Å². The normalized spacial score (nSPS) is 21.3. The maximum Gasteiger partial charge on any atom is 0.327 e. The first-order valence-electron chi connectivity index (χ1n) is 10.2. The minimum atomic E-state index is -4.16. The van der Waals surface area contributed by atoms with Crippen molar-refractivity contribution in [3.8, 4) is 5.75 Å². The zero-order chi connectivity index (χ0) is 23.4. The molecule has 1 aliphatic heterocycles. The Morgan fingerprint density at radius 3 is 2.53 bits per heavy atom. The number of hydrogen-bond donors (Lipinski definition) is 2. The number of carboxylic acid groups (broad SMARTS) is 1. The van der Waals surface area contributed by atoms with Gasteiger partial charge in [0.2, 0.25) is 10.0 Å². The summed E-state index contributed by atoms with van der Waals surface area (Å²) in [5.41, 5.74) is -1.59. The number of rotatable bonds is 9. The molecule has 2 atom stereocenters. The molecule has 2 unspecified atom stereocenters. The van der Waals surface area contributed by atoms with Crippen LogP contribution in [-0.4, -0.2) is 37.7 Å². The van der Waals surface area contributed by atoms with Crippen molar-refractivity contribution in [1.29, 1.82) is 0 Å². The molecule has 0 amide bonds. The summed E-state index contributed by atoms with van der Waals surface area (Å²) in [7, 11) is -4.16. The molecule has 32 heavy (non-hydrogen) atoms. The number of carboxylic acids is 1. The Hall–Kier alpha value is -2.56. The van der Waals surface area contributed by atoms with Gasteiger partial charge in [-0.05, 0) is 55.7 Å². The van der Waals surface area contributed by atoms with Crippen LogP contribution in [0.1, 0.15) is 38.2 Å². The molecule has 1 saturated heterocycles. The minimum absolute atomic E-state index is 0.0839. The van der Waals surface area contributed by atoms with Gasteiger partial charge in [0.25, 0.3) is 0 Å². The summed E-state index contributed by atoms with van der Waals surface area (Å²) in [6, 6.07) is 8.39. The lowest BCUT2D eigenvalue weighted by Crippen LogP contribution is -2.60. The van der Waals surface area contributed by atoms with E-state index in [-0.39, 0.29) is 41.9 Å². The number of halogens is 2. The highest BCUT2D eigenvalue weighted by Crippen LogP contribution is 2.28. The fourth-order valence-corrected chi connectivity index (χ4v) is 4.87. The number of sulfonamides is 1. The van der Waals surface area contributed by atoms with E-state index in [9.17, 15) is 27.1 Å². The molecular formula is C22H25F2NO6S. The third-order valence-electron chi connectivity index (χ3n) is 5.35. The van der Waals surface area contributed by atoms with Crippen LogP contribution in [0.25, 0.3) is 0 Å². The third kappa shape index (κ3) is 5.62. The van der Waals surface area contributed by atoms with Gasteiger partial charge in [-0.25, -0.2) is 17.2 Å². The standard InChI is InChI=1S/C22H25F2NO6S/c1-2-3-17-10-11-22(14-31-17,21(26)27)25-32(28,29)19-8-6-18(7-9-19)30-13-15-4-5-16(23)12-20(15)24/h4-9,12,17,25H,2-3,10-11,13-14H2,1H3,(H,26,27). The predicted molar refractivity (Wildman–Crippen MR) is 112 cm³/mol. The first-order valence-corrected chi connectivity index (χ1v) is 11.7. The van der Waals surface area contributed by atoms with Crippen LogP contribution >= 0.6 is 0 Å². The second-order valence-electron chi connectivity index (χ2n) is 7.75. The maximum atomic E-state index is 13.7. The van der Waals surface area contributed by atoms with Gasteiger partial charge < -0.3 is 14.6 Å². The second kappa shape index (κ2) is 9.93. The van der Waals surface area contributed by atoms with Crippen molar-refractivity contribution in [3.05, 3.63) is 59.7 Å². The quantitative estimate of drug-likeness (QED) is 0.582. The largest absolute Gasteiger partial charge is 0.489 e. The number of nitrogens with one attached hydrogen (secondary N) is 1. The summed E-state index contributed by atoms with van der Waals surface area (Å²) in [5, 5.41) is 9.70. The Balaban J connectivity index is 1.68. The monoisotopic (exact) mass is 469 g/mol. The maximum absolute atomic E-state index is 13.7. The highest BCUT2D eigenvalue weighted by atomic mass is 32.2. The summed E-state index contributed by atoms with van der Waals surface area (Å²) >= 11 is 0. The molecular weight excluding hydrogens is 444 g/mol. The Kier molecular flexibility index (Phi) is 7.47. The molecule has 10 heteroatoms. The third-order valence-corrected chi connectivity index (χ3v) is 6.90. The van der Waals surface area contributed by atoms with Crippen molar-refractivity contribution >= 4 is 16.0 Å². The summed E-state index contributed by atoms with van der Waals surface area (Å²) < 4.78 is 65.7. The fourth-order valence-electron chi connectivity index (χ4n) is 3.50.